The zero-order valence-corrected chi connectivity index (χ0v) is 20.2. The number of benzene rings is 2. The van der Waals surface area contributed by atoms with Gasteiger partial charge in [-0.05, 0) is 61.2 Å². The molecule has 0 aliphatic carbocycles. The second kappa shape index (κ2) is 9.80. The summed E-state index contributed by atoms with van der Waals surface area (Å²) in [6.45, 7) is 4.35. The van der Waals surface area contributed by atoms with Crippen LogP contribution in [0.4, 0.5) is 0 Å². The topological polar surface area (TPSA) is 141 Å². The Labute approximate surface area is 202 Å². The van der Waals surface area contributed by atoms with Crippen molar-refractivity contribution in [2.24, 2.45) is 5.14 Å². The lowest BCUT2D eigenvalue weighted by Crippen LogP contribution is -2.26. The summed E-state index contributed by atoms with van der Waals surface area (Å²) in [5.41, 5.74) is 3.67. The third-order valence-electron chi connectivity index (χ3n) is 5.59. The number of hydrogen-bond donors (Lipinski definition) is 2. The molecule has 0 saturated carbocycles. The number of nitrogens with one attached hydrogen (secondary N) is 1. The number of nitrogens with two attached hydrogens (primary N) is 1. The molecular weight excluding hydrogens is 468 g/mol. The van der Waals surface area contributed by atoms with Crippen LogP contribution in [0.2, 0.25) is 0 Å². The van der Waals surface area contributed by atoms with E-state index >= 15 is 0 Å². The Morgan fingerprint density at radius 2 is 1.69 bits per heavy atom. The molecule has 1 amide bonds. The Morgan fingerprint density at radius 1 is 1.00 bits per heavy atom. The smallest absolute Gasteiger partial charge is 0.300 e. The van der Waals surface area contributed by atoms with Crippen LogP contribution in [0.15, 0.2) is 64.5 Å². The predicted molar refractivity (Wildman–Crippen MR) is 131 cm³/mol. The quantitative estimate of drug-likeness (QED) is 0.380. The number of carbonyl (C=O) groups is 1. The van der Waals surface area contributed by atoms with Crippen molar-refractivity contribution >= 4 is 21.6 Å². The fourth-order valence-corrected chi connectivity index (χ4v) is 4.42. The van der Waals surface area contributed by atoms with E-state index in [1.807, 2.05) is 32.0 Å². The third-order valence-corrected chi connectivity index (χ3v) is 6.52. The van der Waals surface area contributed by atoms with Gasteiger partial charge in [0.1, 0.15) is 5.82 Å². The van der Waals surface area contributed by atoms with E-state index in [0.717, 1.165) is 22.4 Å². The average molecular weight is 495 g/mol. The summed E-state index contributed by atoms with van der Waals surface area (Å²) in [6, 6.07) is 12.1. The summed E-state index contributed by atoms with van der Waals surface area (Å²) >= 11 is 0. The van der Waals surface area contributed by atoms with E-state index in [4.69, 9.17) is 5.14 Å². The molecule has 4 rings (SSSR count). The van der Waals surface area contributed by atoms with Crippen LogP contribution in [0.25, 0.3) is 11.3 Å². The fraction of sp³-hybridized carbons (Fsp3) is 0.250. The van der Waals surface area contributed by atoms with Crippen molar-refractivity contribution in [3.63, 3.8) is 0 Å². The maximum absolute atomic E-state index is 13.0. The zero-order chi connectivity index (χ0) is 25.2. The highest BCUT2D eigenvalue weighted by molar-refractivity contribution is 7.89. The maximum Gasteiger partial charge on any atom is 0.300 e. The van der Waals surface area contributed by atoms with Gasteiger partial charge >= 0.3 is 5.56 Å². The number of aryl methyl sites for hydroxylation is 3. The normalized spacial score (nSPS) is 11.6. The zero-order valence-electron chi connectivity index (χ0n) is 19.4. The number of nitrogens with zero attached hydrogens (tertiary/aromatic N) is 4. The number of carbonyl (C=O) groups excluding carboxylic acids is 1. The van der Waals surface area contributed by atoms with Crippen molar-refractivity contribution in [3.8, 4) is 5.69 Å². The first-order valence-electron chi connectivity index (χ1n) is 11.0. The van der Waals surface area contributed by atoms with Crippen molar-refractivity contribution in [2.75, 3.05) is 6.54 Å². The standard InChI is InChI=1S/C24H26N6O4S/c1-16-13-17(2)15-19(14-16)29-11-12-30-21(27-28-23(30)24(29)32)7-8-22(31)26-10-9-18-3-5-20(6-4-18)35(25,33)34/h3-6,11-15H,7-10H2,1-2H3,(H,26,31)(H2,25,33,34). The van der Waals surface area contributed by atoms with Gasteiger partial charge in [-0.25, -0.2) is 13.6 Å². The van der Waals surface area contributed by atoms with Crippen LogP contribution < -0.4 is 16.0 Å². The van der Waals surface area contributed by atoms with Gasteiger partial charge in [0.25, 0.3) is 0 Å². The van der Waals surface area contributed by atoms with Gasteiger partial charge in [-0.1, -0.05) is 18.2 Å². The molecule has 0 bridgehead atoms. The van der Waals surface area contributed by atoms with E-state index in [-0.39, 0.29) is 28.4 Å². The number of amides is 1. The third kappa shape index (κ3) is 5.64. The molecule has 0 atom stereocenters. The highest BCUT2D eigenvalue weighted by Crippen LogP contribution is 2.13. The highest BCUT2D eigenvalue weighted by Gasteiger charge is 2.13. The number of hydrogen-bond acceptors (Lipinski definition) is 6. The Morgan fingerprint density at radius 3 is 2.34 bits per heavy atom. The molecule has 0 fully saturated rings. The minimum absolute atomic E-state index is 0.0478. The van der Waals surface area contributed by atoms with Gasteiger partial charge in [0.2, 0.25) is 21.6 Å². The number of aromatic nitrogens is 4. The summed E-state index contributed by atoms with van der Waals surface area (Å²) in [5.74, 6) is 0.366. The van der Waals surface area contributed by atoms with Gasteiger partial charge in [-0.3, -0.25) is 18.6 Å². The van der Waals surface area contributed by atoms with Crippen LogP contribution >= 0.6 is 0 Å². The molecular formula is C24H26N6O4S. The SMILES string of the molecule is Cc1cc(C)cc(-n2ccn3c(CCC(=O)NCCc4ccc(S(N)(=O)=O)cc4)nnc3c2=O)c1. The monoisotopic (exact) mass is 494 g/mol. The lowest BCUT2D eigenvalue weighted by Gasteiger charge is -2.09. The van der Waals surface area contributed by atoms with Crippen LogP contribution in [-0.2, 0) is 27.7 Å². The Hall–Kier alpha value is -3.83. The van der Waals surface area contributed by atoms with Gasteiger partial charge in [-0.2, -0.15) is 0 Å². The number of fused-ring (bicyclic) bond motifs is 1. The van der Waals surface area contributed by atoms with Crippen LogP contribution in [0.5, 0.6) is 0 Å². The summed E-state index contributed by atoms with van der Waals surface area (Å²) in [6.07, 6.45) is 4.46. The highest BCUT2D eigenvalue weighted by atomic mass is 32.2. The molecule has 35 heavy (non-hydrogen) atoms. The Bertz CT molecular complexity index is 1540. The van der Waals surface area contributed by atoms with Gasteiger partial charge in [0, 0.05) is 37.5 Å². The van der Waals surface area contributed by atoms with Crippen molar-refractivity contribution in [1.29, 1.82) is 0 Å². The summed E-state index contributed by atoms with van der Waals surface area (Å²) in [7, 11) is -3.72. The van der Waals surface area contributed by atoms with Gasteiger partial charge in [0.15, 0.2) is 0 Å². The molecule has 10 nitrogen and oxygen atoms in total. The fourth-order valence-electron chi connectivity index (χ4n) is 3.90. The molecule has 2 aromatic carbocycles. The number of primary sulfonamides is 1. The van der Waals surface area contributed by atoms with Gasteiger partial charge < -0.3 is 5.32 Å². The first kappa shape index (κ1) is 24.3. The van der Waals surface area contributed by atoms with Crippen LogP contribution in [0.1, 0.15) is 28.9 Å². The van der Waals surface area contributed by atoms with E-state index in [2.05, 4.69) is 15.5 Å². The molecule has 3 N–H and O–H groups in total. The Kier molecular flexibility index (Phi) is 6.81. The lowest BCUT2D eigenvalue weighted by atomic mass is 10.1. The van der Waals surface area contributed by atoms with E-state index in [9.17, 15) is 18.0 Å². The molecule has 0 spiro atoms. The van der Waals surface area contributed by atoms with Crippen molar-refractivity contribution in [1.82, 2.24) is 24.5 Å². The molecule has 0 aliphatic rings. The summed E-state index contributed by atoms with van der Waals surface area (Å²) < 4.78 is 25.8. The minimum Gasteiger partial charge on any atom is -0.356 e. The van der Waals surface area contributed by atoms with Gasteiger partial charge in [0.05, 0.1) is 4.90 Å². The first-order chi connectivity index (χ1) is 16.6. The molecule has 0 unspecified atom stereocenters. The molecule has 2 heterocycles. The predicted octanol–water partition coefficient (Wildman–Crippen LogP) is 1.44. The molecule has 0 aliphatic heterocycles. The second-order valence-electron chi connectivity index (χ2n) is 8.42. The average Bonchev–Trinajstić information content (AvgIpc) is 3.21. The van der Waals surface area contributed by atoms with E-state index < -0.39 is 10.0 Å². The molecule has 0 saturated heterocycles. The van der Waals surface area contributed by atoms with Crippen molar-refractivity contribution < 1.29 is 13.2 Å². The van der Waals surface area contributed by atoms with Gasteiger partial charge in [-0.15, -0.1) is 10.2 Å². The lowest BCUT2D eigenvalue weighted by molar-refractivity contribution is -0.121. The van der Waals surface area contributed by atoms with Crippen LogP contribution in [-0.4, -0.2) is 40.0 Å². The first-order valence-corrected chi connectivity index (χ1v) is 12.6. The number of rotatable bonds is 8. The summed E-state index contributed by atoms with van der Waals surface area (Å²) in [5, 5.41) is 16.1. The molecule has 182 valence electrons. The van der Waals surface area contributed by atoms with E-state index in [1.54, 1.807) is 28.9 Å². The largest absolute Gasteiger partial charge is 0.356 e. The van der Waals surface area contributed by atoms with Crippen molar-refractivity contribution in [3.05, 3.63) is 87.7 Å². The molecule has 11 heteroatoms. The second-order valence-corrected chi connectivity index (χ2v) is 9.98. The minimum atomic E-state index is -3.72. The number of sulfonamides is 1. The maximum atomic E-state index is 13.0. The van der Waals surface area contributed by atoms with Crippen LogP contribution in [0.3, 0.4) is 0 Å². The van der Waals surface area contributed by atoms with Crippen LogP contribution in [0, 0.1) is 13.8 Å². The van der Waals surface area contributed by atoms with E-state index in [1.165, 1.54) is 16.7 Å². The molecule has 4 aromatic rings. The Balaban J connectivity index is 1.36. The summed E-state index contributed by atoms with van der Waals surface area (Å²) in [4.78, 5) is 25.3. The van der Waals surface area contributed by atoms with Crippen molar-refractivity contribution in [2.45, 2.75) is 38.0 Å². The molecule has 0 radical (unpaired) electrons. The molecule has 2 aromatic heterocycles. The van der Waals surface area contributed by atoms with E-state index in [0.29, 0.717) is 25.2 Å².